The summed E-state index contributed by atoms with van der Waals surface area (Å²) in [6.45, 7) is 9.01. The van der Waals surface area contributed by atoms with E-state index in [1.807, 2.05) is 20.8 Å². The Balaban J connectivity index is 1.79. The molecular formula is C15H28N2O3. The lowest BCUT2D eigenvalue weighted by molar-refractivity contribution is -0.170. The van der Waals surface area contributed by atoms with E-state index in [1.54, 1.807) is 0 Å². The van der Waals surface area contributed by atoms with Crippen molar-refractivity contribution in [3.05, 3.63) is 0 Å². The Bertz CT molecular complexity index is 353. The maximum Gasteiger partial charge on any atom is 0.240 e. The van der Waals surface area contributed by atoms with Crippen LogP contribution in [0.2, 0.25) is 0 Å². The van der Waals surface area contributed by atoms with Gasteiger partial charge in [0.05, 0.1) is 6.10 Å². The minimum atomic E-state index is -0.807. The first-order valence-electron chi connectivity index (χ1n) is 7.68. The molecule has 1 aliphatic heterocycles. The minimum absolute atomic E-state index is 0.0441. The lowest BCUT2D eigenvalue weighted by Crippen LogP contribution is -2.75. The molecule has 20 heavy (non-hydrogen) atoms. The van der Waals surface area contributed by atoms with E-state index >= 15 is 0 Å². The molecular weight excluding hydrogens is 256 g/mol. The number of ether oxygens (including phenoxy) is 2. The summed E-state index contributed by atoms with van der Waals surface area (Å²) in [6, 6.07) is 0. The zero-order valence-electron chi connectivity index (χ0n) is 12.9. The van der Waals surface area contributed by atoms with Gasteiger partial charge in [-0.05, 0) is 25.7 Å². The van der Waals surface area contributed by atoms with E-state index in [0.717, 1.165) is 26.1 Å². The molecule has 5 heteroatoms. The highest BCUT2D eigenvalue weighted by molar-refractivity contribution is 5.88. The summed E-state index contributed by atoms with van der Waals surface area (Å²) in [5.74, 6) is 0.534. The maximum absolute atomic E-state index is 12.4. The molecule has 2 aliphatic rings. The van der Waals surface area contributed by atoms with Crippen molar-refractivity contribution in [2.75, 3.05) is 26.4 Å². The Morgan fingerprint density at radius 1 is 1.50 bits per heavy atom. The third-order valence-electron chi connectivity index (χ3n) is 5.10. The van der Waals surface area contributed by atoms with Gasteiger partial charge < -0.3 is 20.5 Å². The predicted octanol–water partition coefficient (Wildman–Crippen LogP) is 1.06. The molecule has 0 spiro atoms. The molecule has 2 rings (SSSR count). The number of rotatable bonds is 6. The molecule has 3 unspecified atom stereocenters. The monoisotopic (exact) mass is 284 g/mol. The van der Waals surface area contributed by atoms with E-state index < -0.39 is 5.54 Å². The van der Waals surface area contributed by atoms with Gasteiger partial charge in [0.15, 0.2) is 0 Å². The molecule has 5 nitrogen and oxygen atoms in total. The second-order valence-corrected chi connectivity index (χ2v) is 6.62. The van der Waals surface area contributed by atoms with Crippen LogP contribution in [0.25, 0.3) is 0 Å². The first-order valence-corrected chi connectivity index (χ1v) is 7.68. The van der Waals surface area contributed by atoms with Crippen LogP contribution in [-0.4, -0.2) is 43.9 Å². The lowest BCUT2D eigenvalue weighted by Gasteiger charge is -2.57. The first-order chi connectivity index (χ1) is 9.41. The van der Waals surface area contributed by atoms with Gasteiger partial charge in [0.1, 0.15) is 5.54 Å². The topological polar surface area (TPSA) is 73.6 Å². The number of carbonyl (C=O) groups is 1. The van der Waals surface area contributed by atoms with Crippen LogP contribution >= 0.6 is 0 Å². The Morgan fingerprint density at radius 3 is 2.80 bits per heavy atom. The summed E-state index contributed by atoms with van der Waals surface area (Å²) >= 11 is 0. The molecule has 3 N–H and O–H groups in total. The highest BCUT2D eigenvalue weighted by atomic mass is 16.5. The third-order valence-corrected chi connectivity index (χ3v) is 5.10. The summed E-state index contributed by atoms with van der Waals surface area (Å²) in [5, 5.41) is 3.00. The summed E-state index contributed by atoms with van der Waals surface area (Å²) in [6.07, 6.45) is 2.75. The molecule has 1 aliphatic carbocycles. The Hall–Kier alpha value is -0.650. The highest BCUT2D eigenvalue weighted by Gasteiger charge is 2.62. The summed E-state index contributed by atoms with van der Waals surface area (Å²) < 4.78 is 11.0. The maximum atomic E-state index is 12.4. The van der Waals surface area contributed by atoms with Gasteiger partial charge in [-0.3, -0.25) is 4.79 Å². The van der Waals surface area contributed by atoms with Crippen molar-refractivity contribution in [2.45, 2.75) is 51.7 Å². The van der Waals surface area contributed by atoms with E-state index in [4.69, 9.17) is 15.2 Å². The van der Waals surface area contributed by atoms with Gasteiger partial charge in [0.2, 0.25) is 5.91 Å². The van der Waals surface area contributed by atoms with Crippen LogP contribution in [0.4, 0.5) is 0 Å². The van der Waals surface area contributed by atoms with Gasteiger partial charge in [-0.2, -0.15) is 0 Å². The molecule has 0 bridgehead atoms. The minimum Gasteiger partial charge on any atom is -0.381 e. The molecule has 1 saturated carbocycles. The smallest absolute Gasteiger partial charge is 0.240 e. The normalized spacial score (nSPS) is 35.6. The van der Waals surface area contributed by atoms with Crippen molar-refractivity contribution in [3.8, 4) is 0 Å². The van der Waals surface area contributed by atoms with Crippen LogP contribution < -0.4 is 11.1 Å². The molecule has 2 fully saturated rings. The zero-order valence-corrected chi connectivity index (χ0v) is 12.9. The SMILES string of the molecule is CCOC1CC(N)(C(=O)NCCC2CCOC2)C1(C)C. The van der Waals surface area contributed by atoms with Crippen molar-refractivity contribution in [1.82, 2.24) is 5.32 Å². The molecule has 0 aromatic heterocycles. The molecule has 1 saturated heterocycles. The molecule has 0 radical (unpaired) electrons. The molecule has 1 amide bonds. The number of nitrogens with one attached hydrogen (secondary N) is 1. The number of carbonyl (C=O) groups excluding carboxylic acids is 1. The van der Waals surface area contributed by atoms with Crippen LogP contribution in [0.5, 0.6) is 0 Å². The Morgan fingerprint density at radius 2 is 2.25 bits per heavy atom. The van der Waals surface area contributed by atoms with Crippen molar-refractivity contribution in [2.24, 2.45) is 17.1 Å². The van der Waals surface area contributed by atoms with E-state index in [9.17, 15) is 4.79 Å². The fraction of sp³-hybridized carbons (Fsp3) is 0.933. The van der Waals surface area contributed by atoms with Gasteiger partial charge in [0.25, 0.3) is 0 Å². The van der Waals surface area contributed by atoms with Crippen molar-refractivity contribution >= 4 is 5.91 Å². The van der Waals surface area contributed by atoms with Crippen molar-refractivity contribution in [1.29, 1.82) is 0 Å². The van der Waals surface area contributed by atoms with Gasteiger partial charge in [-0.1, -0.05) is 13.8 Å². The van der Waals surface area contributed by atoms with Crippen LogP contribution in [-0.2, 0) is 14.3 Å². The van der Waals surface area contributed by atoms with E-state index in [0.29, 0.717) is 25.5 Å². The van der Waals surface area contributed by atoms with Gasteiger partial charge in [-0.25, -0.2) is 0 Å². The second kappa shape index (κ2) is 6.00. The van der Waals surface area contributed by atoms with Gasteiger partial charge in [0, 0.05) is 38.2 Å². The fourth-order valence-corrected chi connectivity index (χ4v) is 3.18. The van der Waals surface area contributed by atoms with Crippen LogP contribution in [0.3, 0.4) is 0 Å². The number of hydrogen-bond donors (Lipinski definition) is 2. The largest absolute Gasteiger partial charge is 0.381 e. The zero-order chi connectivity index (χ0) is 14.8. The van der Waals surface area contributed by atoms with Crippen LogP contribution in [0.1, 0.15) is 40.0 Å². The third kappa shape index (κ3) is 2.71. The fourth-order valence-electron chi connectivity index (χ4n) is 3.18. The molecule has 3 atom stereocenters. The van der Waals surface area contributed by atoms with E-state index in [1.165, 1.54) is 0 Å². The number of nitrogens with two attached hydrogens (primary N) is 1. The van der Waals surface area contributed by atoms with Crippen molar-refractivity contribution in [3.63, 3.8) is 0 Å². The quantitative estimate of drug-likeness (QED) is 0.765. The average molecular weight is 284 g/mol. The van der Waals surface area contributed by atoms with Crippen LogP contribution in [0.15, 0.2) is 0 Å². The molecule has 116 valence electrons. The second-order valence-electron chi connectivity index (χ2n) is 6.62. The van der Waals surface area contributed by atoms with Crippen molar-refractivity contribution < 1.29 is 14.3 Å². The number of hydrogen-bond acceptors (Lipinski definition) is 4. The summed E-state index contributed by atoms with van der Waals surface area (Å²) in [4.78, 5) is 12.4. The molecule has 0 aromatic rings. The van der Waals surface area contributed by atoms with E-state index in [2.05, 4.69) is 5.32 Å². The van der Waals surface area contributed by atoms with Crippen LogP contribution in [0, 0.1) is 11.3 Å². The molecule has 0 aromatic carbocycles. The Labute approximate surface area is 121 Å². The standard InChI is InChI=1S/C15H28N2O3/c1-4-20-12-9-15(16,14(12,2)3)13(18)17-7-5-11-6-8-19-10-11/h11-12H,4-10,16H2,1-3H3,(H,17,18). The lowest BCUT2D eigenvalue weighted by atomic mass is 9.54. The average Bonchev–Trinajstić information content (AvgIpc) is 2.91. The number of amides is 1. The molecule has 1 heterocycles. The summed E-state index contributed by atoms with van der Waals surface area (Å²) in [7, 11) is 0. The van der Waals surface area contributed by atoms with E-state index in [-0.39, 0.29) is 17.4 Å². The highest BCUT2D eigenvalue weighted by Crippen LogP contribution is 2.49. The summed E-state index contributed by atoms with van der Waals surface area (Å²) in [5.41, 5.74) is 5.20. The predicted molar refractivity (Wildman–Crippen MR) is 77.3 cm³/mol. The van der Waals surface area contributed by atoms with Gasteiger partial charge >= 0.3 is 0 Å². The first kappa shape index (κ1) is 15.7. The Kier molecular flexibility index (Phi) is 4.72. The van der Waals surface area contributed by atoms with Gasteiger partial charge in [-0.15, -0.1) is 0 Å².